The van der Waals surface area contributed by atoms with Gasteiger partial charge in [-0.15, -0.1) is 0 Å². The van der Waals surface area contributed by atoms with Gasteiger partial charge >= 0.3 is 5.97 Å². The number of nitrogens with one attached hydrogen (secondary N) is 1. The van der Waals surface area contributed by atoms with Crippen molar-refractivity contribution < 1.29 is 23.8 Å². The number of hydrogen-bond donors (Lipinski definition) is 1. The molecule has 1 atom stereocenters. The fraction of sp³-hybridized carbons (Fsp3) is 0.300. The van der Waals surface area contributed by atoms with Gasteiger partial charge in [-0.1, -0.05) is 23.7 Å². The lowest BCUT2D eigenvalue weighted by molar-refractivity contribution is -0.152. The Morgan fingerprint density at radius 3 is 2.52 bits per heavy atom. The Labute approximate surface area is 163 Å². The molecule has 1 N–H and O–H groups in total. The SMILES string of the molecule is COc1ccc(CC(=O)O[C@H](C)C(=O)Nc2cc(Cl)ccc2C)c(OC)c1. The zero-order valence-corrected chi connectivity index (χ0v) is 16.4. The van der Waals surface area contributed by atoms with E-state index in [4.69, 9.17) is 25.8 Å². The lowest BCUT2D eigenvalue weighted by atomic mass is 10.1. The van der Waals surface area contributed by atoms with Crippen molar-refractivity contribution in [3.8, 4) is 11.5 Å². The molecule has 2 aromatic rings. The van der Waals surface area contributed by atoms with Crippen LogP contribution >= 0.6 is 11.6 Å². The number of amides is 1. The summed E-state index contributed by atoms with van der Waals surface area (Å²) in [6, 6.07) is 10.3. The maximum Gasteiger partial charge on any atom is 0.311 e. The third-order valence-electron chi connectivity index (χ3n) is 3.96. The van der Waals surface area contributed by atoms with Crippen molar-refractivity contribution in [2.45, 2.75) is 26.4 Å². The molecular formula is C20H22ClNO5. The van der Waals surface area contributed by atoms with E-state index in [1.165, 1.54) is 14.0 Å². The maximum absolute atomic E-state index is 12.3. The number of benzene rings is 2. The molecule has 2 aromatic carbocycles. The predicted octanol–water partition coefficient (Wildman–Crippen LogP) is 3.78. The molecule has 0 saturated carbocycles. The second kappa shape index (κ2) is 9.28. The zero-order valence-electron chi connectivity index (χ0n) is 15.7. The van der Waals surface area contributed by atoms with Gasteiger partial charge in [-0.25, -0.2) is 0 Å². The van der Waals surface area contributed by atoms with Crippen LogP contribution in [0, 0.1) is 6.92 Å². The zero-order chi connectivity index (χ0) is 20.0. The van der Waals surface area contributed by atoms with Crippen molar-refractivity contribution in [2.75, 3.05) is 19.5 Å². The summed E-state index contributed by atoms with van der Waals surface area (Å²) in [5, 5.41) is 3.22. The quantitative estimate of drug-likeness (QED) is 0.727. The van der Waals surface area contributed by atoms with E-state index < -0.39 is 18.0 Å². The van der Waals surface area contributed by atoms with Crippen LogP contribution in [-0.4, -0.2) is 32.2 Å². The molecule has 0 bridgehead atoms. The summed E-state index contributed by atoms with van der Waals surface area (Å²) < 4.78 is 15.6. The van der Waals surface area contributed by atoms with E-state index in [1.54, 1.807) is 43.5 Å². The second-order valence-electron chi connectivity index (χ2n) is 5.94. The molecule has 7 heteroatoms. The number of ether oxygens (including phenoxy) is 3. The fourth-order valence-electron chi connectivity index (χ4n) is 2.41. The van der Waals surface area contributed by atoms with Crippen molar-refractivity contribution in [1.29, 1.82) is 0 Å². The molecule has 6 nitrogen and oxygen atoms in total. The maximum atomic E-state index is 12.3. The lowest BCUT2D eigenvalue weighted by Crippen LogP contribution is -2.30. The molecule has 1 amide bonds. The number of rotatable bonds is 7. The first-order valence-corrected chi connectivity index (χ1v) is 8.69. The van der Waals surface area contributed by atoms with Gasteiger partial charge in [0.05, 0.1) is 20.6 Å². The van der Waals surface area contributed by atoms with E-state index in [9.17, 15) is 9.59 Å². The molecule has 144 valence electrons. The van der Waals surface area contributed by atoms with Gasteiger partial charge in [0.1, 0.15) is 11.5 Å². The van der Waals surface area contributed by atoms with Crippen LogP contribution < -0.4 is 14.8 Å². The van der Waals surface area contributed by atoms with E-state index in [0.29, 0.717) is 27.8 Å². The van der Waals surface area contributed by atoms with Gasteiger partial charge < -0.3 is 19.5 Å². The number of halogens is 1. The van der Waals surface area contributed by atoms with Crippen LogP contribution in [0.2, 0.25) is 5.02 Å². The summed E-state index contributed by atoms with van der Waals surface area (Å²) in [5.74, 6) is 0.158. The topological polar surface area (TPSA) is 73.9 Å². The summed E-state index contributed by atoms with van der Waals surface area (Å²) >= 11 is 5.95. The van der Waals surface area contributed by atoms with Crippen LogP contribution in [0.15, 0.2) is 36.4 Å². The average Bonchev–Trinajstić information content (AvgIpc) is 2.64. The van der Waals surface area contributed by atoms with E-state index in [0.717, 1.165) is 5.56 Å². The second-order valence-corrected chi connectivity index (χ2v) is 6.37. The number of hydrogen-bond acceptors (Lipinski definition) is 5. The van der Waals surface area contributed by atoms with Crippen molar-refractivity contribution in [2.24, 2.45) is 0 Å². The summed E-state index contributed by atoms with van der Waals surface area (Å²) in [6.07, 6.45) is -0.985. The van der Waals surface area contributed by atoms with E-state index in [1.807, 2.05) is 6.92 Å². The van der Waals surface area contributed by atoms with Crippen molar-refractivity contribution in [3.05, 3.63) is 52.5 Å². The van der Waals surface area contributed by atoms with Crippen LogP contribution in [0.25, 0.3) is 0 Å². The number of carbonyl (C=O) groups is 2. The highest BCUT2D eigenvalue weighted by Gasteiger charge is 2.20. The molecule has 0 aromatic heterocycles. The monoisotopic (exact) mass is 391 g/mol. The first-order valence-electron chi connectivity index (χ1n) is 8.31. The van der Waals surface area contributed by atoms with Crippen LogP contribution in [0.1, 0.15) is 18.1 Å². The third kappa shape index (κ3) is 5.62. The molecule has 0 heterocycles. The Balaban J connectivity index is 1.98. The van der Waals surface area contributed by atoms with Gasteiger partial charge in [-0.2, -0.15) is 0 Å². The molecule has 2 rings (SSSR count). The Hall–Kier alpha value is -2.73. The Morgan fingerprint density at radius 2 is 1.85 bits per heavy atom. The summed E-state index contributed by atoms with van der Waals surface area (Å²) in [5.41, 5.74) is 2.07. The predicted molar refractivity (Wildman–Crippen MR) is 104 cm³/mol. The fourth-order valence-corrected chi connectivity index (χ4v) is 2.58. The van der Waals surface area contributed by atoms with Crippen LogP contribution in [0.5, 0.6) is 11.5 Å². The van der Waals surface area contributed by atoms with Crippen LogP contribution in [-0.2, 0) is 20.7 Å². The first-order chi connectivity index (χ1) is 12.8. The van der Waals surface area contributed by atoms with E-state index in [-0.39, 0.29) is 6.42 Å². The van der Waals surface area contributed by atoms with Crippen molar-refractivity contribution in [1.82, 2.24) is 0 Å². The number of carbonyl (C=O) groups excluding carboxylic acids is 2. The van der Waals surface area contributed by atoms with Crippen LogP contribution in [0.3, 0.4) is 0 Å². The highest BCUT2D eigenvalue weighted by molar-refractivity contribution is 6.31. The Morgan fingerprint density at radius 1 is 1.11 bits per heavy atom. The minimum absolute atomic E-state index is 0.0268. The van der Waals surface area contributed by atoms with Gasteiger partial charge in [0.15, 0.2) is 6.10 Å². The molecule has 0 fully saturated rings. The number of esters is 1. The van der Waals surface area contributed by atoms with Crippen LogP contribution in [0.4, 0.5) is 5.69 Å². The molecular weight excluding hydrogens is 370 g/mol. The first kappa shape index (κ1) is 20.6. The molecule has 0 spiro atoms. The molecule has 27 heavy (non-hydrogen) atoms. The van der Waals surface area contributed by atoms with Gasteiger partial charge in [0.25, 0.3) is 5.91 Å². The highest BCUT2D eigenvalue weighted by Crippen LogP contribution is 2.25. The average molecular weight is 392 g/mol. The molecule has 0 radical (unpaired) electrons. The summed E-state index contributed by atoms with van der Waals surface area (Å²) in [6.45, 7) is 3.36. The number of aryl methyl sites for hydroxylation is 1. The minimum Gasteiger partial charge on any atom is -0.497 e. The molecule has 0 unspecified atom stereocenters. The standard InChI is InChI=1S/C20H22ClNO5/c1-12-5-7-15(21)10-17(12)22-20(24)13(2)27-19(23)9-14-6-8-16(25-3)11-18(14)26-4/h5-8,10-11,13H,9H2,1-4H3,(H,22,24)/t13-/m1/s1. The summed E-state index contributed by atoms with van der Waals surface area (Å²) in [4.78, 5) is 24.5. The van der Waals surface area contributed by atoms with Gasteiger partial charge in [0.2, 0.25) is 0 Å². The Kier molecular flexibility index (Phi) is 7.07. The van der Waals surface area contributed by atoms with Gasteiger partial charge in [0, 0.05) is 22.3 Å². The summed E-state index contributed by atoms with van der Waals surface area (Å²) in [7, 11) is 3.05. The van der Waals surface area contributed by atoms with Gasteiger partial charge in [-0.3, -0.25) is 9.59 Å². The van der Waals surface area contributed by atoms with Crippen molar-refractivity contribution >= 4 is 29.2 Å². The number of anilines is 1. The normalized spacial score (nSPS) is 11.4. The molecule has 0 saturated heterocycles. The highest BCUT2D eigenvalue weighted by atomic mass is 35.5. The van der Waals surface area contributed by atoms with Crippen molar-refractivity contribution in [3.63, 3.8) is 0 Å². The largest absolute Gasteiger partial charge is 0.497 e. The smallest absolute Gasteiger partial charge is 0.311 e. The molecule has 0 aliphatic heterocycles. The Bertz CT molecular complexity index is 837. The van der Waals surface area contributed by atoms with Gasteiger partial charge in [-0.05, 0) is 37.6 Å². The lowest BCUT2D eigenvalue weighted by Gasteiger charge is -2.16. The minimum atomic E-state index is -0.958. The van der Waals surface area contributed by atoms with E-state index in [2.05, 4.69) is 5.32 Å². The molecule has 0 aliphatic rings. The molecule has 0 aliphatic carbocycles. The third-order valence-corrected chi connectivity index (χ3v) is 4.20. The number of methoxy groups -OCH3 is 2. The van der Waals surface area contributed by atoms with E-state index >= 15 is 0 Å².